The van der Waals surface area contributed by atoms with Gasteiger partial charge in [0.15, 0.2) is 5.78 Å². The Morgan fingerprint density at radius 3 is 2.35 bits per heavy atom. The predicted octanol–water partition coefficient (Wildman–Crippen LogP) is 5.01. The first kappa shape index (κ1) is 15.5. The van der Waals surface area contributed by atoms with E-state index in [-0.39, 0.29) is 5.78 Å². The second-order valence-electron chi connectivity index (χ2n) is 4.31. The lowest BCUT2D eigenvalue weighted by molar-refractivity contribution is -0.114. The Kier molecular flexibility index (Phi) is 6.02. The molecular weight excluding hydrogens is 308 g/mol. The maximum absolute atomic E-state index is 12.0. The second kappa shape index (κ2) is 7.77. The largest absolute Gasteiger partial charge is 0.296 e. The fourth-order valence-electron chi connectivity index (χ4n) is 1.54. The fraction of sp³-hybridized carbons (Fsp3) is 0.188. The summed E-state index contributed by atoms with van der Waals surface area (Å²) in [5, 5.41) is 0. The maximum Gasteiger partial charge on any atom is 0.171 e. The summed E-state index contributed by atoms with van der Waals surface area (Å²) >= 11 is 9.09. The molecule has 0 heterocycles. The Bertz CT molecular complexity index is 554. The lowest BCUT2D eigenvalue weighted by Gasteiger charge is -2.08. The van der Waals surface area contributed by atoms with E-state index < -0.39 is 4.71 Å². The third-order valence-corrected chi connectivity index (χ3v) is 5.20. The molecule has 0 radical (unpaired) electrons. The first-order valence-electron chi connectivity index (χ1n) is 6.23. The third-order valence-electron chi connectivity index (χ3n) is 2.64. The summed E-state index contributed by atoms with van der Waals surface area (Å²) in [4.78, 5) is 14.1. The minimum Gasteiger partial charge on any atom is -0.296 e. The zero-order valence-corrected chi connectivity index (χ0v) is 13.5. The number of carbonyl (C=O) groups excluding carboxylic acids is 1. The number of alkyl halides is 1. The topological polar surface area (TPSA) is 17.1 Å². The van der Waals surface area contributed by atoms with Gasteiger partial charge in [-0.1, -0.05) is 47.7 Å². The average molecular weight is 323 g/mol. The van der Waals surface area contributed by atoms with Gasteiger partial charge in [0.05, 0.1) is 5.75 Å². The van der Waals surface area contributed by atoms with Crippen molar-refractivity contribution in [3.63, 3.8) is 0 Å². The van der Waals surface area contributed by atoms with Crippen LogP contribution in [0, 0.1) is 6.92 Å². The average Bonchev–Trinajstić information content (AvgIpc) is 2.48. The summed E-state index contributed by atoms with van der Waals surface area (Å²) in [6.45, 7) is 2.04. The number of aryl methyl sites for hydroxylation is 1. The van der Waals surface area contributed by atoms with Gasteiger partial charge in [-0.05, 0) is 31.2 Å². The van der Waals surface area contributed by atoms with Gasteiger partial charge in [-0.3, -0.25) is 4.79 Å². The second-order valence-corrected chi connectivity index (χ2v) is 7.24. The number of thioether (sulfide) groups is 2. The molecule has 2 aromatic rings. The van der Waals surface area contributed by atoms with Crippen molar-refractivity contribution in [2.75, 3.05) is 5.75 Å². The highest BCUT2D eigenvalue weighted by atomic mass is 35.5. The van der Waals surface area contributed by atoms with Gasteiger partial charge in [-0.25, -0.2) is 0 Å². The third kappa shape index (κ3) is 4.89. The minimum absolute atomic E-state index is 0.0473. The van der Waals surface area contributed by atoms with E-state index in [9.17, 15) is 4.79 Å². The fourth-order valence-corrected chi connectivity index (χ4v) is 3.69. The van der Waals surface area contributed by atoms with Crippen LogP contribution in [0.5, 0.6) is 0 Å². The van der Waals surface area contributed by atoms with E-state index >= 15 is 0 Å². The molecule has 0 bridgehead atoms. The van der Waals surface area contributed by atoms with Crippen molar-refractivity contribution in [1.82, 2.24) is 0 Å². The van der Waals surface area contributed by atoms with E-state index in [1.165, 1.54) is 29.1 Å². The van der Waals surface area contributed by atoms with Gasteiger partial charge < -0.3 is 0 Å². The van der Waals surface area contributed by atoms with Gasteiger partial charge in [0, 0.05) is 9.79 Å². The zero-order chi connectivity index (χ0) is 14.4. The lowest BCUT2D eigenvalue weighted by atomic mass is 10.2. The van der Waals surface area contributed by atoms with Gasteiger partial charge in [0.25, 0.3) is 0 Å². The summed E-state index contributed by atoms with van der Waals surface area (Å²) < 4.78 is -0.533. The number of hydrogen-bond acceptors (Lipinski definition) is 3. The zero-order valence-electron chi connectivity index (χ0n) is 11.1. The summed E-state index contributed by atoms with van der Waals surface area (Å²) in [7, 11) is 0. The highest BCUT2D eigenvalue weighted by molar-refractivity contribution is 8.02. The molecule has 0 fully saturated rings. The number of carbonyl (C=O) groups is 1. The molecule has 1 unspecified atom stereocenters. The molecule has 1 nitrogen and oxygen atoms in total. The van der Waals surface area contributed by atoms with Gasteiger partial charge >= 0.3 is 0 Å². The van der Waals surface area contributed by atoms with Gasteiger partial charge in [0.1, 0.15) is 4.71 Å². The molecule has 2 aromatic carbocycles. The Morgan fingerprint density at radius 1 is 1.05 bits per heavy atom. The van der Waals surface area contributed by atoms with E-state index in [2.05, 4.69) is 0 Å². The maximum atomic E-state index is 12.0. The van der Waals surface area contributed by atoms with Gasteiger partial charge in [-0.15, -0.1) is 23.4 Å². The molecule has 1 atom stereocenters. The van der Waals surface area contributed by atoms with Gasteiger partial charge in [0.2, 0.25) is 0 Å². The molecule has 0 aliphatic heterocycles. The Balaban J connectivity index is 1.84. The van der Waals surface area contributed by atoms with Crippen molar-refractivity contribution in [1.29, 1.82) is 0 Å². The molecule has 0 spiro atoms. The molecule has 2 rings (SSSR count). The quantitative estimate of drug-likeness (QED) is 0.549. The summed E-state index contributed by atoms with van der Waals surface area (Å²) in [6, 6.07) is 17.9. The van der Waals surface area contributed by atoms with Crippen LogP contribution in [0.25, 0.3) is 0 Å². The van der Waals surface area contributed by atoms with Crippen molar-refractivity contribution >= 4 is 40.9 Å². The van der Waals surface area contributed by atoms with E-state index in [1.54, 1.807) is 0 Å². The molecule has 104 valence electrons. The number of Topliss-reactive ketones (excluding diaryl/α,β-unsaturated/α-hetero) is 1. The number of benzene rings is 2. The Morgan fingerprint density at radius 2 is 1.70 bits per heavy atom. The molecule has 0 N–H and O–H groups in total. The van der Waals surface area contributed by atoms with Crippen LogP contribution >= 0.6 is 35.1 Å². The van der Waals surface area contributed by atoms with Gasteiger partial charge in [-0.2, -0.15) is 0 Å². The van der Waals surface area contributed by atoms with Crippen LogP contribution in [0.2, 0.25) is 0 Å². The molecule has 20 heavy (non-hydrogen) atoms. The summed E-state index contributed by atoms with van der Waals surface area (Å²) in [6.07, 6.45) is 0. The molecule has 0 aromatic heterocycles. The molecule has 0 saturated carbocycles. The lowest BCUT2D eigenvalue weighted by Crippen LogP contribution is -2.13. The summed E-state index contributed by atoms with van der Waals surface area (Å²) in [5.74, 6) is 0.447. The van der Waals surface area contributed by atoms with Crippen molar-refractivity contribution in [2.24, 2.45) is 0 Å². The number of ketones is 1. The summed E-state index contributed by atoms with van der Waals surface area (Å²) in [5.41, 5.74) is 1.20. The minimum atomic E-state index is -0.533. The van der Waals surface area contributed by atoms with Crippen LogP contribution in [0.3, 0.4) is 0 Å². The highest BCUT2D eigenvalue weighted by Gasteiger charge is 2.16. The van der Waals surface area contributed by atoms with Crippen LogP contribution in [-0.4, -0.2) is 16.2 Å². The van der Waals surface area contributed by atoms with E-state index in [4.69, 9.17) is 11.6 Å². The Labute approximate surface area is 133 Å². The smallest absolute Gasteiger partial charge is 0.171 e. The van der Waals surface area contributed by atoms with Crippen LogP contribution in [-0.2, 0) is 4.79 Å². The monoisotopic (exact) mass is 322 g/mol. The molecule has 0 saturated heterocycles. The van der Waals surface area contributed by atoms with Crippen LogP contribution in [0.15, 0.2) is 64.4 Å². The molecule has 0 aliphatic rings. The molecule has 0 amide bonds. The van der Waals surface area contributed by atoms with E-state index in [0.29, 0.717) is 5.75 Å². The predicted molar refractivity (Wildman–Crippen MR) is 88.9 cm³/mol. The number of rotatable bonds is 6. The van der Waals surface area contributed by atoms with E-state index in [0.717, 1.165) is 9.79 Å². The Hall–Kier alpha value is -0.900. The standard InChI is InChI=1S/C16H15ClOS2/c1-12-7-9-14(10-8-12)20-16(17)15(18)11-19-13-5-3-2-4-6-13/h2-10,16H,11H2,1H3. The SMILES string of the molecule is Cc1ccc(SC(Cl)C(=O)CSc2ccccc2)cc1. The number of halogens is 1. The van der Waals surface area contributed by atoms with Crippen molar-refractivity contribution in [3.8, 4) is 0 Å². The number of hydrogen-bond donors (Lipinski definition) is 0. The van der Waals surface area contributed by atoms with Crippen LogP contribution < -0.4 is 0 Å². The van der Waals surface area contributed by atoms with Crippen LogP contribution in [0.1, 0.15) is 5.56 Å². The molecule has 4 heteroatoms. The van der Waals surface area contributed by atoms with Crippen molar-refractivity contribution in [2.45, 2.75) is 21.4 Å². The highest BCUT2D eigenvalue weighted by Crippen LogP contribution is 2.28. The molecular formula is C16H15ClOS2. The normalized spacial score (nSPS) is 12.1. The van der Waals surface area contributed by atoms with E-state index in [1.807, 2.05) is 61.5 Å². The first-order chi connectivity index (χ1) is 9.65. The van der Waals surface area contributed by atoms with Crippen molar-refractivity contribution < 1.29 is 4.79 Å². The van der Waals surface area contributed by atoms with Crippen LogP contribution in [0.4, 0.5) is 0 Å². The first-order valence-corrected chi connectivity index (χ1v) is 8.53. The molecule has 0 aliphatic carbocycles. The van der Waals surface area contributed by atoms with Crippen molar-refractivity contribution in [3.05, 3.63) is 60.2 Å².